The molecule has 0 bridgehead atoms. The van der Waals surface area contributed by atoms with E-state index >= 15 is 0 Å². The third-order valence-electron chi connectivity index (χ3n) is 4.57. The van der Waals surface area contributed by atoms with Crippen molar-refractivity contribution in [1.29, 1.82) is 0 Å². The van der Waals surface area contributed by atoms with Crippen LogP contribution >= 0.6 is 11.6 Å². The van der Waals surface area contributed by atoms with Gasteiger partial charge in [0.15, 0.2) is 11.2 Å². The van der Waals surface area contributed by atoms with Crippen molar-refractivity contribution in [1.82, 2.24) is 18.7 Å². The number of aryl methyl sites for hydroxylation is 1. The van der Waals surface area contributed by atoms with Crippen molar-refractivity contribution in [3.63, 3.8) is 0 Å². The van der Waals surface area contributed by atoms with E-state index in [2.05, 4.69) is 10.3 Å². The summed E-state index contributed by atoms with van der Waals surface area (Å²) in [5.41, 5.74) is 0.583. The van der Waals surface area contributed by atoms with Crippen LogP contribution < -0.4 is 16.6 Å². The van der Waals surface area contributed by atoms with Crippen molar-refractivity contribution in [3.05, 3.63) is 55.7 Å². The highest BCUT2D eigenvalue weighted by atomic mass is 35.5. The molecule has 2 N–H and O–H groups in total. The summed E-state index contributed by atoms with van der Waals surface area (Å²) in [4.78, 5) is 29.6. The molecular formula is C18H22ClN5O3. The lowest BCUT2D eigenvalue weighted by molar-refractivity contribution is 0.282. The molecule has 0 radical (unpaired) electrons. The number of aromatic nitrogens is 4. The number of fused-ring (bicyclic) bond motifs is 1. The van der Waals surface area contributed by atoms with Gasteiger partial charge in [-0.3, -0.25) is 18.5 Å². The summed E-state index contributed by atoms with van der Waals surface area (Å²) in [6.45, 7) is 2.25. The minimum absolute atomic E-state index is 0.0269. The van der Waals surface area contributed by atoms with Crippen molar-refractivity contribution < 1.29 is 5.11 Å². The standard InChI is InChI=1S/C18H22ClN5O3/c1-11(8-9-25)20-17-21-15-14(16(26)23(3)18(27)22(15)2)24(17)10-12-6-4-5-7-13(12)19/h4-7,11,25H,8-10H2,1-3H3,(H,20,21)/t11-/m1/s1. The van der Waals surface area contributed by atoms with E-state index in [9.17, 15) is 14.7 Å². The van der Waals surface area contributed by atoms with Crippen molar-refractivity contribution >= 4 is 28.7 Å². The topological polar surface area (TPSA) is 94.1 Å². The van der Waals surface area contributed by atoms with Crippen LogP contribution in [0.1, 0.15) is 18.9 Å². The number of anilines is 1. The normalized spacial score (nSPS) is 12.5. The van der Waals surface area contributed by atoms with Gasteiger partial charge < -0.3 is 10.4 Å². The van der Waals surface area contributed by atoms with E-state index in [1.165, 1.54) is 11.6 Å². The first kappa shape index (κ1) is 19.2. The van der Waals surface area contributed by atoms with E-state index in [-0.39, 0.29) is 12.6 Å². The molecule has 0 fully saturated rings. The van der Waals surface area contributed by atoms with Gasteiger partial charge in [-0.05, 0) is 25.0 Å². The molecule has 0 aliphatic rings. The fraction of sp³-hybridized carbons (Fsp3) is 0.389. The van der Waals surface area contributed by atoms with E-state index in [0.717, 1.165) is 10.1 Å². The van der Waals surface area contributed by atoms with Crippen molar-refractivity contribution in [2.45, 2.75) is 25.9 Å². The Bertz CT molecular complexity index is 1100. The molecule has 3 aromatic rings. The molecule has 8 nitrogen and oxygen atoms in total. The highest BCUT2D eigenvalue weighted by Gasteiger charge is 2.20. The third kappa shape index (κ3) is 3.50. The van der Waals surface area contributed by atoms with Crippen LogP contribution in [-0.4, -0.2) is 36.4 Å². The first-order valence-corrected chi connectivity index (χ1v) is 9.00. The number of halogens is 1. The van der Waals surface area contributed by atoms with Gasteiger partial charge in [-0.2, -0.15) is 4.98 Å². The van der Waals surface area contributed by atoms with E-state index in [4.69, 9.17) is 11.6 Å². The summed E-state index contributed by atoms with van der Waals surface area (Å²) in [5, 5.41) is 13.0. The van der Waals surface area contributed by atoms with Crippen LogP contribution in [0.5, 0.6) is 0 Å². The molecule has 0 spiro atoms. The lowest BCUT2D eigenvalue weighted by atomic mass is 10.2. The zero-order chi connectivity index (χ0) is 19.7. The summed E-state index contributed by atoms with van der Waals surface area (Å²) < 4.78 is 4.14. The van der Waals surface area contributed by atoms with Gasteiger partial charge in [0, 0.05) is 31.8 Å². The minimum atomic E-state index is -0.440. The predicted octanol–water partition coefficient (Wildman–Crippen LogP) is 1.32. The predicted molar refractivity (Wildman–Crippen MR) is 106 cm³/mol. The molecule has 1 atom stereocenters. The van der Waals surface area contributed by atoms with Gasteiger partial charge in [0.05, 0.1) is 6.54 Å². The maximum Gasteiger partial charge on any atom is 0.332 e. The Morgan fingerprint density at radius 2 is 1.93 bits per heavy atom. The van der Waals surface area contributed by atoms with Crippen LogP contribution in [0, 0.1) is 0 Å². The molecule has 0 unspecified atom stereocenters. The zero-order valence-electron chi connectivity index (χ0n) is 15.4. The number of aliphatic hydroxyl groups excluding tert-OH is 1. The van der Waals surface area contributed by atoms with Crippen molar-refractivity contribution in [2.75, 3.05) is 11.9 Å². The van der Waals surface area contributed by atoms with Crippen molar-refractivity contribution in [3.8, 4) is 0 Å². The van der Waals surface area contributed by atoms with E-state index in [1.54, 1.807) is 17.7 Å². The second-order valence-electron chi connectivity index (χ2n) is 6.55. The molecule has 144 valence electrons. The zero-order valence-corrected chi connectivity index (χ0v) is 16.2. The number of hydrogen-bond donors (Lipinski definition) is 2. The fourth-order valence-electron chi connectivity index (χ4n) is 2.99. The SMILES string of the molecule is C[C@H](CCO)Nc1nc2c(c(=O)n(C)c(=O)n2C)n1Cc1ccccc1Cl. The van der Waals surface area contributed by atoms with Crippen LogP contribution in [0.2, 0.25) is 5.02 Å². The highest BCUT2D eigenvalue weighted by Crippen LogP contribution is 2.22. The summed E-state index contributed by atoms with van der Waals surface area (Å²) in [5.74, 6) is 0.448. The van der Waals surface area contributed by atoms with Crippen LogP contribution in [0.25, 0.3) is 11.2 Å². The molecular weight excluding hydrogens is 370 g/mol. The Morgan fingerprint density at radius 1 is 1.22 bits per heavy atom. The summed E-state index contributed by atoms with van der Waals surface area (Å²) >= 11 is 6.30. The number of nitrogens with zero attached hydrogens (tertiary/aromatic N) is 4. The number of imidazole rings is 1. The minimum Gasteiger partial charge on any atom is -0.396 e. The molecule has 27 heavy (non-hydrogen) atoms. The maximum absolute atomic E-state index is 12.8. The first-order chi connectivity index (χ1) is 12.8. The molecule has 0 saturated heterocycles. The van der Waals surface area contributed by atoms with Gasteiger partial charge in [-0.1, -0.05) is 29.8 Å². The Balaban J connectivity index is 2.25. The number of rotatable bonds is 6. The van der Waals surface area contributed by atoms with E-state index < -0.39 is 11.2 Å². The van der Waals surface area contributed by atoms with Crippen LogP contribution in [0.4, 0.5) is 5.95 Å². The number of benzene rings is 1. The van der Waals surface area contributed by atoms with Gasteiger partial charge in [0.25, 0.3) is 5.56 Å². The lowest BCUT2D eigenvalue weighted by Gasteiger charge is -2.16. The van der Waals surface area contributed by atoms with Gasteiger partial charge in [0.2, 0.25) is 5.95 Å². The Morgan fingerprint density at radius 3 is 2.59 bits per heavy atom. The monoisotopic (exact) mass is 391 g/mol. The van der Waals surface area contributed by atoms with Crippen LogP contribution in [0.15, 0.2) is 33.9 Å². The molecule has 9 heteroatoms. The van der Waals surface area contributed by atoms with Crippen molar-refractivity contribution in [2.24, 2.45) is 14.1 Å². The van der Waals surface area contributed by atoms with Crippen LogP contribution in [0.3, 0.4) is 0 Å². The fourth-order valence-corrected chi connectivity index (χ4v) is 3.19. The quantitative estimate of drug-likeness (QED) is 0.661. The third-order valence-corrected chi connectivity index (χ3v) is 4.94. The summed E-state index contributed by atoms with van der Waals surface area (Å²) in [7, 11) is 3.02. The number of aliphatic hydroxyl groups is 1. The van der Waals surface area contributed by atoms with E-state index in [1.807, 2.05) is 25.1 Å². The molecule has 0 saturated carbocycles. The molecule has 0 amide bonds. The Hall–Kier alpha value is -2.58. The highest BCUT2D eigenvalue weighted by molar-refractivity contribution is 6.31. The molecule has 2 aromatic heterocycles. The average molecular weight is 392 g/mol. The summed E-state index contributed by atoms with van der Waals surface area (Å²) in [6, 6.07) is 7.30. The smallest absolute Gasteiger partial charge is 0.332 e. The average Bonchev–Trinajstić information content (AvgIpc) is 2.98. The number of hydrogen-bond acceptors (Lipinski definition) is 5. The second kappa shape index (κ2) is 7.58. The van der Waals surface area contributed by atoms with Gasteiger partial charge in [0.1, 0.15) is 0 Å². The summed E-state index contributed by atoms with van der Waals surface area (Å²) in [6.07, 6.45) is 0.520. The first-order valence-electron chi connectivity index (χ1n) is 8.62. The van der Waals surface area contributed by atoms with Gasteiger partial charge in [-0.15, -0.1) is 0 Å². The maximum atomic E-state index is 12.8. The van der Waals surface area contributed by atoms with Crippen LogP contribution in [-0.2, 0) is 20.6 Å². The molecule has 3 rings (SSSR count). The molecule has 2 heterocycles. The second-order valence-corrected chi connectivity index (χ2v) is 6.96. The Kier molecular flexibility index (Phi) is 5.38. The molecule has 1 aromatic carbocycles. The molecule has 0 aliphatic carbocycles. The lowest BCUT2D eigenvalue weighted by Crippen LogP contribution is -2.37. The van der Waals surface area contributed by atoms with E-state index in [0.29, 0.717) is 35.1 Å². The van der Waals surface area contributed by atoms with Gasteiger partial charge >= 0.3 is 5.69 Å². The van der Waals surface area contributed by atoms with Gasteiger partial charge in [-0.25, -0.2) is 4.79 Å². The number of nitrogens with one attached hydrogen (secondary N) is 1. The molecule has 0 aliphatic heterocycles. The largest absolute Gasteiger partial charge is 0.396 e. The Labute approximate surface area is 160 Å².